The zero-order chi connectivity index (χ0) is 6.69. The van der Waals surface area contributed by atoms with Gasteiger partial charge >= 0.3 is 0 Å². The van der Waals surface area contributed by atoms with Gasteiger partial charge in [0.2, 0.25) is 0 Å². The number of carbonyl (C=O) groups excluding carboxylic acids is 1. The molecule has 0 bridgehead atoms. The molecule has 0 aromatic heterocycles. The topological polar surface area (TPSA) is 41.1 Å². The van der Waals surface area contributed by atoms with E-state index in [0.29, 0.717) is 6.04 Å². The van der Waals surface area contributed by atoms with E-state index in [1.165, 1.54) is 0 Å². The molecular weight excluding hydrogens is 136 g/mol. The van der Waals surface area contributed by atoms with Crippen LogP contribution in [0.25, 0.3) is 0 Å². The van der Waals surface area contributed by atoms with Gasteiger partial charge in [0.15, 0.2) is 0 Å². The molecule has 1 amide bonds. The highest BCUT2D eigenvalue weighted by Crippen LogP contribution is 1.97. The molecule has 1 unspecified atom stereocenters. The minimum atomic E-state index is -0.233. The van der Waals surface area contributed by atoms with Crippen molar-refractivity contribution in [3.63, 3.8) is 0 Å². The Bertz CT molecular complexity index is 112. The van der Waals surface area contributed by atoms with Gasteiger partial charge in [0.1, 0.15) is 0 Å². The zero-order valence-corrected chi connectivity index (χ0v) is 5.95. The monoisotopic (exact) mass is 146 g/mol. The summed E-state index contributed by atoms with van der Waals surface area (Å²) in [5, 5.41) is 5.60. The third-order valence-corrected chi connectivity index (χ3v) is 1.52. The van der Waals surface area contributed by atoms with Crippen LogP contribution in [-0.2, 0) is 0 Å². The number of hydrogen-bond donors (Lipinski definition) is 3. The molecule has 0 saturated carbocycles. The minimum Gasteiger partial charge on any atom is -0.343 e. The molecule has 2 N–H and O–H groups in total. The van der Waals surface area contributed by atoms with Crippen molar-refractivity contribution >= 4 is 17.9 Å². The lowest BCUT2D eigenvalue weighted by Crippen LogP contribution is -2.32. The predicted molar refractivity (Wildman–Crippen MR) is 38.8 cm³/mol. The van der Waals surface area contributed by atoms with E-state index >= 15 is 0 Å². The van der Waals surface area contributed by atoms with Crippen LogP contribution in [0.5, 0.6) is 0 Å². The lowest BCUT2D eigenvalue weighted by atomic mass is 10.3. The Kier molecular flexibility index (Phi) is 2.36. The second-order valence-electron chi connectivity index (χ2n) is 2.14. The summed E-state index contributed by atoms with van der Waals surface area (Å²) in [6.45, 7) is 1.88. The van der Waals surface area contributed by atoms with Crippen LogP contribution < -0.4 is 10.6 Å². The Morgan fingerprint density at radius 3 is 3.00 bits per heavy atom. The van der Waals surface area contributed by atoms with Gasteiger partial charge in [-0.2, -0.15) is 0 Å². The fourth-order valence-corrected chi connectivity index (χ4v) is 1.14. The molecule has 3 nitrogen and oxygen atoms in total. The Balaban J connectivity index is 2.19. The molecule has 1 aliphatic rings. The number of thiol groups is 1. The summed E-state index contributed by atoms with van der Waals surface area (Å²) in [5.41, 5.74) is 0. The van der Waals surface area contributed by atoms with Gasteiger partial charge in [0, 0.05) is 12.6 Å². The van der Waals surface area contributed by atoms with Crippen molar-refractivity contribution in [3.05, 3.63) is 0 Å². The molecule has 52 valence electrons. The molecule has 0 aliphatic carbocycles. The van der Waals surface area contributed by atoms with Crippen LogP contribution in [0.2, 0.25) is 0 Å². The maximum Gasteiger partial charge on any atom is 0.276 e. The normalized spacial score (nSPS) is 26.1. The highest BCUT2D eigenvalue weighted by atomic mass is 32.1. The van der Waals surface area contributed by atoms with Crippen molar-refractivity contribution in [2.75, 3.05) is 13.1 Å². The van der Waals surface area contributed by atoms with Crippen molar-refractivity contribution in [3.8, 4) is 0 Å². The Labute approximate surface area is 59.6 Å². The molecule has 4 heteroatoms. The fourth-order valence-electron chi connectivity index (χ4n) is 0.952. The van der Waals surface area contributed by atoms with Gasteiger partial charge in [-0.1, -0.05) is 12.6 Å². The first kappa shape index (κ1) is 6.89. The number of carbonyl (C=O) groups is 1. The third-order valence-electron chi connectivity index (χ3n) is 1.39. The van der Waals surface area contributed by atoms with E-state index in [4.69, 9.17) is 0 Å². The van der Waals surface area contributed by atoms with Gasteiger partial charge in [0.25, 0.3) is 5.24 Å². The Hall–Kier alpha value is -0.220. The van der Waals surface area contributed by atoms with Gasteiger partial charge in [0.05, 0.1) is 0 Å². The van der Waals surface area contributed by atoms with Crippen LogP contribution in [0.3, 0.4) is 0 Å². The fraction of sp³-hybridized carbons (Fsp3) is 0.800. The van der Waals surface area contributed by atoms with Gasteiger partial charge in [-0.3, -0.25) is 4.79 Å². The second-order valence-corrected chi connectivity index (χ2v) is 2.55. The van der Waals surface area contributed by atoms with Crippen molar-refractivity contribution < 1.29 is 4.79 Å². The average Bonchev–Trinajstić information content (AvgIpc) is 2.15. The molecule has 0 aromatic rings. The van der Waals surface area contributed by atoms with E-state index in [1.807, 2.05) is 0 Å². The van der Waals surface area contributed by atoms with Crippen molar-refractivity contribution in [2.24, 2.45) is 0 Å². The van der Waals surface area contributed by atoms with E-state index in [-0.39, 0.29) is 5.24 Å². The van der Waals surface area contributed by atoms with E-state index < -0.39 is 0 Å². The lowest BCUT2D eigenvalue weighted by molar-refractivity contribution is 0.258. The van der Waals surface area contributed by atoms with Gasteiger partial charge in [-0.05, 0) is 13.0 Å². The molecule has 1 rings (SSSR count). The number of hydrogen-bond acceptors (Lipinski definition) is 2. The molecular formula is C5H10N2OS. The van der Waals surface area contributed by atoms with E-state index in [9.17, 15) is 4.79 Å². The first-order valence-corrected chi connectivity index (χ1v) is 3.44. The maximum absolute atomic E-state index is 10.3. The number of rotatable bonds is 1. The first-order valence-electron chi connectivity index (χ1n) is 2.99. The standard InChI is InChI=1S/C5H10N2OS/c8-5(9)7-4-1-2-6-3-4/h4,6H,1-3H2,(H2,7,8,9). The number of amides is 1. The molecule has 1 atom stereocenters. The van der Waals surface area contributed by atoms with Crippen LogP contribution in [-0.4, -0.2) is 24.4 Å². The maximum atomic E-state index is 10.3. The van der Waals surface area contributed by atoms with E-state index in [2.05, 4.69) is 23.3 Å². The van der Waals surface area contributed by atoms with Crippen LogP contribution in [0.1, 0.15) is 6.42 Å². The molecule has 0 radical (unpaired) electrons. The van der Waals surface area contributed by atoms with Crippen LogP contribution >= 0.6 is 12.6 Å². The SMILES string of the molecule is O=C(S)NC1CCNC1. The van der Waals surface area contributed by atoms with E-state index in [0.717, 1.165) is 19.5 Å². The van der Waals surface area contributed by atoms with Crippen LogP contribution in [0.4, 0.5) is 4.79 Å². The molecule has 0 spiro atoms. The molecule has 1 fully saturated rings. The molecule has 1 heterocycles. The first-order chi connectivity index (χ1) is 4.29. The predicted octanol–water partition coefficient (Wildman–Crippen LogP) is -0.0123. The Morgan fingerprint density at radius 2 is 2.56 bits per heavy atom. The van der Waals surface area contributed by atoms with Gasteiger partial charge < -0.3 is 10.6 Å². The highest BCUT2D eigenvalue weighted by Gasteiger charge is 2.14. The van der Waals surface area contributed by atoms with Crippen molar-refractivity contribution in [1.82, 2.24) is 10.6 Å². The molecule has 1 saturated heterocycles. The molecule has 9 heavy (non-hydrogen) atoms. The van der Waals surface area contributed by atoms with Crippen LogP contribution in [0, 0.1) is 0 Å². The quantitative estimate of drug-likeness (QED) is 0.455. The van der Waals surface area contributed by atoms with E-state index in [1.54, 1.807) is 0 Å². The average molecular weight is 146 g/mol. The summed E-state index contributed by atoms with van der Waals surface area (Å²) in [6, 6.07) is 0.301. The van der Waals surface area contributed by atoms with Gasteiger partial charge in [-0.15, -0.1) is 0 Å². The third kappa shape index (κ3) is 2.24. The Morgan fingerprint density at radius 1 is 1.78 bits per heavy atom. The summed E-state index contributed by atoms with van der Waals surface area (Å²) < 4.78 is 0. The van der Waals surface area contributed by atoms with Crippen LogP contribution in [0.15, 0.2) is 0 Å². The summed E-state index contributed by atoms with van der Waals surface area (Å²) in [5.74, 6) is 0. The van der Waals surface area contributed by atoms with Gasteiger partial charge in [-0.25, -0.2) is 0 Å². The highest BCUT2D eigenvalue weighted by molar-refractivity contribution is 7.96. The summed E-state index contributed by atoms with van der Waals surface area (Å²) in [7, 11) is 0. The van der Waals surface area contributed by atoms with Crippen molar-refractivity contribution in [2.45, 2.75) is 12.5 Å². The summed E-state index contributed by atoms with van der Waals surface area (Å²) in [6.07, 6.45) is 1.02. The zero-order valence-electron chi connectivity index (χ0n) is 5.05. The second kappa shape index (κ2) is 3.08. The minimum absolute atomic E-state index is 0.233. The lowest BCUT2D eigenvalue weighted by Gasteiger charge is -2.06. The number of nitrogens with one attached hydrogen (secondary N) is 2. The largest absolute Gasteiger partial charge is 0.343 e. The summed E-state index contributed by atoms with van der Waals surface area (Å²) in [4.78, 5) is 10.3. The summed E-state index contributed by atoms with van der Waals surface area (Å²) >= 11 is 3.60. The molecule has 0 aromatic carbocycles. The smallest absolute Gasteiger partial charge is 0.276 e. The van der Waals surface area contributed by atoms with Crippen molar-refractivity contribution in [1.29, 1.82) is 0 Å². The molecule has 1 aliphatic heterocycles.